The van der Waals surface area contributed by atoms with E-state index in [9.17, 15) is 9.90 Å². The van der Waals surface area contributed by atoms with Crippen LogP contribution < -0.4 is 0 Å². The van der Waals surface area contributed by atoms with Crippen LogP contribution in [0.2, 0.25) is 0 Å². The standard InChI is InChI=1S/C20H33NO3S/c1-14(22)24-21(8)10-9-11-25-15-12-16(19(2,3)4)18(23)17(13-15)20(5,6)7/h12-13,23H,9-11H2,1-8H3. The van der Waals surface area contributed by atoms with Gasteiger partial charge in [-0.1, -0.05) is 41.5 Å². The Morgan fingerprint density at radius 2 is 1.60 bits per heavy atom. The summed E-state index contributed by atoms with van der Waals surface area (Å²) in [7, 11) is 1.77. The molecule has 25 heavy (non-hydrogen) atoms. The van der Waals surface area contributed by atoms with Gasteiger partial charge in [0.25, 0.3) is 0 Å². The fraction of sp³-hybridized carbons (Fsp3) is 0.650. The topological polar surface area (TPSA) is 49.8 Å². The van der Waals surface area contributed by atoms with Crippen molar-refractivity contribution in [3.63, 3.8) is 0 Å². The molecule has 0 saturated heterocycles. The van der Waals surface area contributed by atoms with E-state index in [0.717, 1.165) is 23.3 Å². The molecule has 0 aliphatic rings. The largest absolute Gasteiger partial charge is 0.507 e. The number of hydroxylamine groups is 2. The van der Waals surface area contributed by atoms with Crippen LogP contribution in [0.4, 0.5) is 0 Å². The van der Waals surface area contributed by atoms with Gasteiger partial charge in [-0.2, -0.15) is 0 Å². The highest BCUT2D eigenvalue weighted by Gasteiger charge is 2.26. The third kappa shape index (κ3) is 6.90. The molecule has 0 radical (unpaired) electrons. The second-order valence-electron chi connectivity index (χ2n) is 8.50. The van der Waals surface area contributed by atoms with Crippen molar-refractivity contribution < 1.29 is 14.7 Å². The monoisotopic (exact) mass is 367 g/mol. The summed E-state index contributed by atoms with van der Waals surface area (Å²) in [6, 6.07) is 4.20. The van der Waals surface area contributed by atoms with Gasteiger partial charge in [0.15, 0.2) is 0 Å². The summed E-state index contributed by atoms with van der Waals surface area (Å²) in [5.74, 6) is 1.04. The number of rotatable bonds is 6. The lowest BCUT2D eigenvalue weighted by Crippen LogP contribution is -2.23. The third-order valence-electron chi connectivity index (χ3n) is 3.87. The quantitative estimate of drug-likeness (QED) is 0.441. The summed E-state index contributed by atoms with van der Waals surface area (Å²) in [5.41, 5.74) is 1.74. The van der Waals surface area contributed by atoms with Crippen molar-refractivity contribution in [3.8, 4) is 5.75 Å². The predicted octanol–water partition coefficient (Wildman–Crippen LogP) is 4.88. The van der Waals surface area contributed by atoms with Crippen LogP contribution in [0.25, 0.3) is 0 Å². The molecule has 0 saturated carbocycles. The number of hydrogen-bond acceptors (Lipinski definition) is 5. The average molecular weight is 368 g/mol. The number of thioether (sulfide) groups is 1. The van der Waals surface area contributed by atoms with Crippen LogP contribution in [0.5, 0.6) is 5.75 Å². The first-order valence-corrected chi connectivity index (χ1v) is 9.71. The molecule has 0 amide bonds. The molecule has 142 valence electrons. The number of phenolic OH excluding ortho intramolecular Hbond substituents is 1. The summed E-state index contributed by atoms with van der Waals surface area (Å²) in [6.07, 6.45) is 0.908. The van der Waals surface area contributed by atoms with Gasteiger partial charge in [-0.05, 0) is 35.1 Å². The second-order valence-corrected chi connectivity index (χ2v) is 9.67. The van der Waals surface area contributed by atoms with Gasteiger partial charge in [0, 0.05) is 36.5 Å². The van der Waals surface area contributed by atoms with Crippen molar-refractivity contribution in [3.05, 3.63) is 23.3 Å². The van der Waals surface area contributed by atoms with Crippen LogP contribution in [-0.2, 0) is 20.5 Å². The predicted molar refractivity (Wildman–Crippen MR) is 105 cm³/mol. The molecule has 0 fully saturated rings. The van der Waals surface area contributed by atoms with Crippen LogP contribution >= 0.6 is 11.8 Å². The Morgan fingerprint density at radius 3 is 2.00 bits per heavy atom. The Balaban J connectivity index is 2.88. The first-order chi connectivity index (χ1) is 11.3. The van der Waals surface area contributed by atoms with Crippen molar-refractivity contribution in [1.29, 1.82) is 0 Å². The third-order valence-corrected chi connectivity index (χ3v) is 4.93. The molecule has 0 aliphatic carbocycles. The van der Waals surface area contributed by atoms with Crippen molar-refractivity contribution in [2.45, 2.75) is 70.6 Å². The van der Waals surface area contributed by atoms with Crippen LogP contribution in [-0.4, -0.2) is 35.5 Å². The van der Waals surface area contributed by atoms with E-state index < -0.39 is 0 Å². The second kappa shape index (κ2) is 8.45. The Hall–Kier alpha value is -1.20. The number of carbonyl (C=O) groups is 1. The maximum Gasteiger partial charge on any atom is 0.322 e. The normalized spacial score (nSPS) is 12.5. The van der Waals surface area contributed by atoms with Crippen LogP contribution in [0.3, 0.4) is 0 Å². The van der Waals surface area contributed by atoms with E-state index in [1.54, 1.807) is 23.9 Å². The van der Waals surface area contributed by atoms with E-state index in [0.29, 0.717) is 12.3 Å². The van der Waals surface area contributed by atoms with Gasteiger partial charge in [0.1, 0.15) is 5.75 Å². The minimum absolute atomic E-state index is 0.115. The molecule has 0 heterocycles. The molecule has 1 aromatic rings. The highest BCUT2D eigenvalue weighted by molar-refractivity contribution is 7.99. The molecular formula is C20H33NO3S. The molecule has 4 nitrogen and oxygen atoms in total. The van der Waals surface area contributed by atoms with Crippen molar-refractivity contribution in [2.24, 2.45) is 0 Å². The van der Waals surface area contributed by atoms with E-state index in [1.807, 2.05) is 0 Å². The van der Waals surface area contributed by atoms with Crippen LogP contribution in [0.1, 0.15) is 66.0 Å². The Labute approximate surface area is 156 Å². The number of nitrogens with zero attached hydrogens (tertiary/aromatic N) is 1. The molecule has 1 N–H and O–H groups in total. The van der Waals surface area contributed by atoms with Gasteiger partial charge in [-0.3, -0.25) is 4.79 Å². The smallest absolute Gasteiger partial charge is 0.322 e. The van der Waals surface area contributed by atoms with E-state index in [1.165, 1.54) is 11.8 Å². The maximum absolute atomic E-state index is 10.9. The Morgan fingerprint density at radius 1 is 1.12 bits per heavy atom. The zero-order valence-corrected chi connectivity index (χ0v) is 17.7. The molecule has 0 unspecified atom stereocenters. The van der Waals surface area contributed by atoms with Gasteiger partial charge in [0.05, 0.1) is 0 Å². The minimum atomic E-state index is -0.293. The van der Waals surface area contributed by atoms with E-state index >= 15 is 0 Å². The number of aromatic hydroxyl groups is 1. The van der Waals surface area contributed by atoms with Crippen LogP contribution in [0, 0.1) is 0 Å². The lowest BCUT2D eigenvalue weighted by atomic mass is 9.79. The van der Waals surface area contributed by atoms with E-state index in [-0.39, 0.29) is 16.8 Å². The van der Waals surface area contributed by atoms with E-state index in [2.05, 4.69) is 53.7 Å². The highest BCUT2D eigenvalue weighted by Crippen LogP contribution is 2.41. The number of carbonyl (C=O) groups excluding carboxylic acids is 1. The van der Waals surface area contributed by atoms with Gasteiger partial charge in [0.2, 0.25) is 0 Å². The molecule has 1 rings (SSSR count). The summed E-state index contributed by atoms with van der Waals surface area (Å²) >= 11 is 1.77. The number of hydrogen-bond donors (Lipinski definition) is 1. The summed E-state index contributed by atoms with van der Waals surface area (Å²) in [4.78, 5) is 17.1. The lowest BCUT2D eigenvalue weighted by molar-refractivity contribution is -0.181. The number of phenols is 1. The maximum atomic E-state index is 10.9. The van der Waals surface area contributed by atoms with Gasteiger partial charge >= 0.3 is 5.97 Å². The fourth-order valence-electron chi connectivity index (χ4n) is 2.58. The van der Waals surface area contributed by atoms with Gasteiger partial charge in [-0.25, -0.2) is 0 Å². The SMILES string of the molecule is CC(=O)ON(C)CCCSc1cc(C(C)(C)C)c(O)c(C(C)(C)C)c1. The van der Waals surface area contributed by atoms with Gasteiger partial charge in [-0.15, -0.1) is 16.8 Å². The lowest BCUT2D eigenvalue weighted by Gasteiger charge is -2.28. The average Bonchev–Trinajstić information content (AvgIpc) is 2.41. The molecule has 0 aliphatic heterocycles. The number of benzene rings is 1. The molecule has 0 bridgehead atoms. The van der Waals surface area contributed by atoms with Crippen LogP contribution in [0.15, 0.2) is 17.0 Å². The molecule has 0 spiro atoms. The van der Waals surface area contributed by atoms with Crippen molar-refractivity contribution >= 4 is 17.7 Å². The summed E-state index contributed by atoms with van der Waals surface area (Å²) in [6.45, 7) is 14.8. The zero-order chi connectivity index (χ0) is 19.4. The zero-order valence-electron chi connectivity index (χ0n) is 16.9. The molecule has 5 heteroatoms. The molecular weight excluding hydrogens is 334 g/mol. The van der Waals surface area contributed by atoms with Crippen molar-refractivity contribution in [1.82, 2.24) is 5.06 Å². The first-order valence-electron chi connectivity index (χ1n) is 8.73. The molecule has 0 atom stereocenters. The first kappa shape index (κ1) is 21.8. The fourth-order valence-corrected chi connectivity index (χ4v) is 3.49. The highest BCUT2D eigenvalue weighted by atomic mass is 32.2. The van der Waals surface area contributed by atoms with E-state index in [4.69, 9.17) is 4.84 Å². The van der Waals surface area contributed by atoms with Gasteiger partial charge < -0.3 is 9.94 Å². The minimum Gasteiger partial charge on any atom is -0.507 e. The molecule has 1 aromatic carbocycles. The molecule has 0 aromatic heterocycles. The summed E-state index contributed by atoms with van der Waals surface area (Å²) < 4.78 is 0. The summed E-state index contributed by atoms with van der Waals surface area (Å²) in [5, 5.41) is 12.3. The Kier molecular flexibility index (Phi) is 7.39. The Bertz CT molecular complexity index is 565. The van der Waals surface area contributed by atoms with Crippen molar-refractivity contribution in [2.75, 3.05) is 19.3 Å².